The predicted octanol–water partition coefficient (Wildman–Crippen LogP) is 4.45. The number of hydrogen-bond acceptors (Lipinski definition) is 10. The van der Waals surface area contributed by atoms with E-state index in [1.54, 1.807) is 13.0 Å². The zero-order chi connectivity index (χ0) is 37.6. The van der Waals surface area contributed by atoms with Crippen LogP contribution in [0.15, 0.2) is 71.5 Å². The third kappa shape index (κ3) is 5.77. The summed E-state index contributed by atoms with van der Waals surface area (Å²) in [4.78, 5) is 81.7. The number of anilines is 1. The Morgan fingerprint density at radius 1 is 0.750 bits per heavy atom. The normalized spacial score (nSPS) is 16.8. The number of carbonyl (C=O) groups is 2. The number of allylic oxidation sites excluding steroid dienone is 2. The number of aliphatic hydroxyl groups is 1. The van der Waals surface area contributed by atoms with Crippen LogP contribution < -0.4 is 27.1 Å². The summed E-state index contributed by atoms with van der Waals surface area (Å²) in [5.74, 6) is -1.68. The van der Waals surface area contributed by atoms with E-state index in [0.717, 1.165) is 30.3 Å². The molecule has 0 bridgehead atoms. The Morgan fingerprint density at radius 3 is 1.90 bits per heavy atom. The molecular formula is C39H43N5O8. The molecule has 2 aromatic heterocycles. The lowest BCUT2D eigenvalue weighted by Crippen LogP contribution is -2.34. The summed E-state index contributed by atoms with van der Waals surface area (Å²) in [6.45, 7) is 10.4. The van der Waals surface area contributed by atoms with E-state index in [1.807, 2.05) is 32.6 Å². The molecule has 0 saturated heterocycles. The fourth-order valence-electron chi connectivity index (χ4n) is 7.34. The van der Waals surface area contributed by atoms with E-state index in [9.17, 15) is 39.0 Å². The molecule has 1 aliphatic heterocycles. The molecule has 272 valence electrons. The van der Waals surface area contributed by atoms with Crippen molar-refractivity contribution in [3.05, 3.63) is 94.2 Å². The van der Waals surface area contributed by atoms with Crippen molar-refractivity contribution < 1.29 is 19.8 Å². The lowest BCUT2D eigenvalue weighted by atomic mass is 9.79. The maximum atomic E-state index is 13.5. The maximum absolute atomic E-state index is 13.5. The molecule has 1 aliphatic carbocycles. The number of Topliss-reactive ketones (excluding diaryl/α,β-unsaturated/α-hetero) is 1. The van der Waals surface area contributed by atoms with Crippen LogP contribution in [-0.4, -0.2) is 61.4 Å². The summed E-state index contributed by atoms with van der Waals surface area (Å²) in [5, 5.41) is 27.9. The number of amides is 1. The van der Waals surface area contributed by atoms with Crippen molar-refractivity contribution in [2.24, 2.45) is 5.10 Å². The van der Waals surface area contributed by atoms with Crippen molar-refractivity contribution in [3.63, 3.8) is 0 Å². The van der Waals surface area contributed by atoms with Crippen molar-refractivity contribution in [1.82, 2.24) is 14.1 Å². The number of hydrogen-bond donors (Lipinski definition) is 2. The van der Waals surface area contributed by atoms with E-state index in [2.05, 4.69) is 5.10 Å². The minimum absolute atomic E-state index is 0.0120. The number of likely N-dealkylation sites (N-methyl/N-ethyl adjacent to an activating group) is 1. The van der Waals surface area contributed by atoms with Crippen LogP contribution in [0.4, 0.5) is 5.69 Å². The molecule has 3 heterocycles. The molecule has 0 fully saturated rings. The van der Waals surface area contributed by atoms with E-state index in [0.29, 0.717) is 37.3 Å². The van der Waals surface area contributed by atoms with Crippen molar-refractivity contribution in [2.45, 2.75) is 85.7 Å². The minimum Gasteiger partial charge on any atom is -0.507 e. The van der Waals surface area contributed by atoms with Crippen LogP contribution >= 0.6 is 0 Å². The van der Waals surface area contributed by atoms with Crippen LogP contribution in [0.3, 0.4) is 0 Å². The van der Waals surface area contributed by atoms with E-state index < -0.39 is 33.9 Å². The number of aliphatic hydroxyl groups excluding tert-OH is 1. The highest BCUT2D eigenvalue weighted by molar-refractivity contribution is 6.44. The highest BCUT2D eigenvalue weighted by Crippen LogP contribution is 2.43. The van der Waals surface area contributed by atoms with Crippen LogP contribution in [0.2, 0.25) is 0 Å². The van der Waals surface area contributed by atoms with Crippen LogP contribution in [0, 0.1) is 0 Å². The number of phenolic OH excluding ortho intramolecular Hbond substituents is 1. The molecule has 1 atom stereocenters. The summed E-state index contributed by atoms with van der Waals surface area (Å²) >= 11 is 0. The molecule has 1 unspecified atom stereocenters. The van der Waals surface area contributed by atoms with Gasteiger partial charge in [0.15, 0.2) is 0 Å². The van der Waals surface area contributed by atoms with Gasteiger partial charge in [0.05, 0.1) is 44.0 Å². The molecule has 0 spiro atoms. The number of aromatic hydroxyl groups is 1. The number of nitrogens with zero attached hydrogens (tertiary/aromatic N) is 5. The monoisotopic (exact) mass is 709 g/mol. The molecule has 4 aromatic rings. The molecule has 52 heavy (non-hydrogen) atoms. The minimum atomic E-state index is -0.572. The van der Waals surface area contributed by atoms with Gasteiger partial charge < -0.3 is 15.1 Å². The van der Waals surface area contributed by atoms with E-state index in [-0.39, 0.29) is 74.5 Å². The van der Waals surface area contributed by atoms with Crippen LogP contribution in [0.5, 0.6) is 5.75 Å². The average Bonchev–Trinajstić information content (AvgIpc) is 3.64. The van der Waals surface area contributed by atoms with E-state index in [4.69, 9.17) is 0 Å². The number of benzene rings is 2. The lowest BCUT2D eigenvalue weighted by molar-refractivity contribution is -0.126. The SMILES string of the molecule is CCCCC(CC)n1c(=O)c2cc3c(=O)n(CCN(CC)c4ccc(C5=C(O)/C(=C6\C(=O)N(CCCC)N=C6C)C5=O)c(O)c4)c(=O)c3cc2c1=O. The fourth-order valence-corrected chi connectivity index (χ4v) is 7.34. The van der Waals surface area contributed by atoms with Crippen molar-refractivity contribution in [2.75, 3.05) is 24.5 Å². The first-order valence-corrected chi connectivity index (χ1v) is 18.0. The molecule has 0 radical (unpaired) electrons. The summed E-state index contributed by atoms with van der Waals surface area (Å²) in [6.07, 6.45) is 4.69. The van der Waals surface area contributed by atoms with Crippen molar-refractivity contribution in [3.8, 4) is 5.75 Å². The molecule has 13 heteroatoms. The van der Waals surface area contributed by atoms with Crippen molar-refractivity contribution >= 4 is 50.2 Å². The van der Waals surface area contributed by atoms with Crippen LogP contribution in [0.25, 0.3) is 27.1 Å². The predicted molar refractivity (Wildman–Crippen MR) is 201 cm³/mol. The summed E-state index contributed by atoms with van der Waals surface area (Å²) < 4.78 is 2.36. The molecule has 2 aromatic carbocycles. The zero-order valence-corrected chi connectivity index (χ0v) is 30.1. The van der Waals surface area contributed by atoms with Gasteiger partial charge in [-0.1, -0.05) is 40.0 Å². The van der Waals surface area contributed by atoms with Crippen LogP contribution in [-0.2, 0) is 16.1 Å². The topological polar surface area (TPSA) is 172 Å². The van der Waals surface area contributed by atoms with Gasteiger partial charge in [-0.2, -0.15) is 5.10 Å². The van der Waals surface area contributed by atoms with E-state index >= 15 is 0 Å². The van der Waals surface area contributed by atoms with Gasteiger partial charge in [-0.3, -0.25) is 37.9 Å². The van der Waals surface area contributed by atoms with Gasteiger partial charge in [0.2, 0.25) is 5.78 Å². The number of hydrazone groups is 1. The van der Waals surface area contributed by atoms with Crippen LogP contribution in [0.1, 0.15) is 84.7 Å². The molecular weight excluding hydrogens is 666 g/mol. The quantitative estimate of drug-likeness (QED) is 0.180. The van der Waals surface area contributed by atoms with Gasteiger partial charge in [0.1, 0.15) is 11.5 Å². The number of phenols is 1. The number of carbonyl (C=O) groups excluding carboxylic acids is 2. The third-order valence-electron chi connectivity index (χ3n) is 10.3. The second kappa shape index (κ2) is 14.2. The highest BCUT2D eigenvalue weighted by Gasteiger charge is 2.43. The molecule has 6 rings (SSSR count). The highest BCUT2D eigenvalue weighted by atomic mass is 16.3. The molecule has 13 nitrogen and oxygen atoms in total. The maximum Gasteiger partial charge on any atom is 0.276 e. The number of ketones is 1. The Kier molecular flexibility index (Phi) is 9.89. The molecule has 0 saturated carbocycles. The lowest BCUT2D eigenvalue weighted by Gasteiger charge is -2.26. The third-order valence-corrected chi connectivity index (χ3v) is 10.3. The first-order chi connectivity index (χ1) is 24.9. The fraction of sp³-hybridized carbons (Fsp3) is 0.410. The summed E-state index contributed by atoms with van der Waals surface area (Å²) in [6, 6.07) is 7.06. The smallest absolute Gasteiger partial charge is 0.276 e. The number of rotatable bonds is 14. The van der Waals surface area contributed by atoms with Gasteiger partial charge in [0.25, 0.3) is 28.1 Å². The first kappa shape index (κ1) is 36.2. The Bertz CT molecular complexity index is 2360. The van der Waals surface area contributed by atoms with Gasteiger partial charge in [-0.15, -0.1) is 0 Å². The Morgan fingerprint density at radius 2 is 1.37 bits per heavy atom. The standard InChI is InChI=1S/C39H43N5O8/c1-6-10-12-22(8-3)44-37(50)27-19-25-26(20-28(27)38(44)51)36(49)42(35(25)48)17-16-41(9-4)23-13-14-24(29(45)18-23)31-33(46)32(34(31)47)30-21(5)40-43(39(30)52)15-11-7-2/h13-14,18-20,22,45-46H,6-12,15-17H2,1-5H3/b32-30+. The van der Waals surface area contributed by atoms with E-state index in [1.165, 1.54) is 33.8 Å². The van der Waals surface area contributed by atoms with Gasteiger partial charge in [-0.25, -0.2) is 5.01 Å². The van der Waals surface area contributed by atoms with Gasteiger partial charge >= 0.3 is 0 Å². The number of fused-ring (bicyclic) bond motifs is 2. The van der Waals surface area contributed by atoms with Gasteiger partial charge in [0, 0.05) is 49.5 Å². The summed E-state index contributed by atoms with van der Waals surface area (Å²) in [7, 11) is 0. The Labute approximate surface area is 299 Å². The second-order valence-corrected chi connectivity index (χ2v) is 13.4. The average molecular weight is 710 g/mol. The molecule has 2 N–H and O–H groups in total. The second-order valence-electron chi connectivity index (χ2n) is 13.4. The Hall–Kier alpha value is -5.59. The first-order valence-electron chi connectivity index (χ1n) is 18.0. The van der Waals surface area contributed by atoms with Crippen molar-refractivity contribution in [1.29, 1.82) is 0 Å². The number of unbranched alkanes of at least 4 members (excludes halogenated alkanes) is 2. The number of aromatic nitrogens is 2. The Balaban J connectivity index is 1.25. The molecule has 1 amide bonds. The molecule has 2 aliphatic rings. The summed E-state index contributed by atoms with van der Waals surface area (Å²) in [5.41, 5.74) is -1.20. The largest absolute Gasteiger partial charge is 0.507 e. The van der Waals surface area contributed by atoms with Gasteiger partial charge in [-0.05, 0) is 57.4 Å². The zero-order valence-electron chi connectivity index (χ0n) is 30.1.